The second-order valence-corrected chi connectivity index (χ2v) is 4.64. The van der Waals surface area contributed by atoms with Crippen molar-refractivity contribution >= 4 is 9.84 Å². The van der Waals surface area contributed by atoms with Gasteiger partial charge in [-0.3, -0.25) is 0 Å². The molecule has 0 radical (unpaired) electrons. The van der Waals surface area contributed by atoms with Crippen molar-refractivity contribution in [2.75, 3.05) is 11.5 Å². The second-order valence-electron chi connectivity index (χ2n) is 2.46. The Hall–Kier alpha value is -0.820. The van der Waals surface area contributed by atoms with Gasteiger partial charge < -0.3 is 0 Å². The first kappa shape index (κ1) is 10.2. The third-order valence-corrected chi connectivity index (χ3v) is 2.75. The van der Waals surface area contributed by atoms with Gasteiger partial charge in [0.25, 0.3) is 0 Å². The number of nitriles is 1. The van der Waals surface area contributed by atoms with Crippen LogP contribution in [0.4, 0.5) is 0 Å². The van der Waals surface area contributed by atoms with E-state index < -0.39 is 9.84 Å². The average molecular weight is 173 g/mol. The van der Waals surface area contributed by atoms with Crippen LogP contribution >= 0.6 is 0 Å². The fraction of sp³-hybridized carbons (Fsp3) is 0.571. The van der Waals surface area contributed by atoms with Crippen LogP contribution in [0.2, 0.25) is 0 Å². The summed E-state index contributed by atoms with van der Waals surface area (Å²) in [6, 6.07) is 1.79. The lowest BCUT2D eigenvalue weighted by atomic mass is 10.4. The maximum atomic E-state index is 11.0. The van der Waals surface area contributed by atoms with Crippen molar-refractivity contribution in [2.24, 2.45) is 0 Å². The molecule has 0 spiro atoms. The molecule has 0 aromatic heterocycles. The highest BCUT2D eigenvalue weighted by molar-refractivity contribution is 7.91. The summed E-state index contributed by atoms with van der Waals surface area (Å²) in [6.07, 6.45) is 0.0651. The van der Waals surface area contributed by atoms with E-state index in [-0.39, 0.29) is 17.9 Å². The van der Waals surface area contributed by atoms with E-state index >= 15 is 0 Å². The number of hydrogen-bond donors (Lipinski definition) is 0. The zero-order chi connectivity index (χ0) is 8.91. The summed E-state index contributed by atoms with van der Waals surface area (Å²) >= 11 is 0. The Morgan fingerprint density at radius 2 is 2.18 bits per heavy atom. The van der Waals surface area contributed by atoms with Crippen molar-refractivity contribution in [1.29, 1.82) is 5.26 Å². The second kappa shape index (κ2) is 4.14. The molecule has 0 amide bonds. The lowest BCUT2D eigenvalue weighted by Gasteiger charge is -1.98. The molecule has 0 aromatic rings. The molecule has 62 valence electrons. The Labute approximate surface area is 67.3 Å². The summed E-state index contributed by atoms with van der Waals surface area (Å²) in [6.45, 7) is 5.14. The standard InChI is InChI=1S/C7H11NO2S/c1-7(2)6-11(9,10)5-3-4-8/h1,3,5-6H2,2H3. The van der Waals surface area contributed by atoms with Crippen LogP contribution in [0, 0.1) is 11.3 Å². The SMILES string of the molecule is C=C(C)CS(=O)(=O)CCC#N. The van der Waals surface area contributed by atoms with Gasteiger partial charge in [-0.1, -0.05) is 12.2 Å². The van der Waals surface area contributed by atoms with E-state index in [0.717, 1.165) is 0 Å². The minimum absolute atomic E-state index is 0.00528. The quantitative estimate of drug-likeness (QED) is 0.593. The lowest BCUT2D eigenvalue weighted by Crippen LogP contribution is -2.10. The molecule has 4 heteroatoms. The fourth-order valence-corrected chi connectivity index (χ4v) is 1.95. The predicted octanol–water partition coefficient (Wildman–Crippen LogP) is 0.891. The van der Waals surface area contributed by atoms with E-state index in [1.54, 1.807) is 13.0 Å². The van der Waals surface area contributed by atoms with Crippen LogP contribution < -0.4 is 0 Å². The summed E-state index contributed by atoms with van der Waals surface area (Å²) in [7, 11) is -3.07. The number of sulfone groups is 1. The van der Waals surface area contributed by atoms with E-state index in [1.165, 1.54) is 0 Å². The molecule has 0 atom stereocenters. The monoisotopic (exact) mass is 173 g/mol. The van der Waals surface area contributed by atoms with Gasteiger partial charge in [-0.2, -0.15) is 5.26 Å². The maximum Gasteiger partial charge on any atom is 0.155 e. The van der Waals surface area contributed by atoms with E-state index in [1.807, 2.05) is 0 Å². The van der Waals surface area contributed by atoms with E-state index in [2.05, 4.69) is 6.58 Å². The minimum atomic E-state index is -3.07. The summed E-state index contributed by atoms with van der Waals surface area (Å²) < 4.78 is 22.0. The van der Waals surface area contributed by atoms with Gasteiger partial charge in [-0.15, -0.1) is 0 Å². The van der Waals surface area contributed by atoms with Crippen molar-refractivity contribution in [3.8, 4) is 6.07 Å². The molecule has 0 aliphatic rings. The Morgan fingerprint density at radius 3 is 2.55 bits per heavy atom. The summed E-state index contributed by atoms with van der Waals surface area (Å²) in [5, 5.41) is 8.13. The summed E-state index contributed by atoms with van der Waals surface area (Å²) in [5.41, 5.74) is 0.614. The summed E-state index contributed by atoms with van der Waals surface area (Å²) in [5.74, 6) is -0.0644. The van der Waals surface area contributed by atoms with E-state index in [0.29, 0.717) is 5.57 Å². The first-order chi connectivity index (χ1) is 4.98. The normalized spacial score (nSPS) is 10.5. The van der Waals surface area contributed by atoms with Crippen LogP contribution in [0.1, 0.15) is 13.3 Å². The predicted molar refractivity (Wildman–Crippen MR) is 43.7 cm³/mol. The van der Waals surface area contributed by atoms with Crippen LogP contribution in [0.15, 0.2) is 12.2 Å². The molecule has 0 unspecified atom stereocenters. The Kier molecular flexibility index (Phi) is 3.83. The van der Waals surface area contributed by atoms with Gasteiger partial charge in [0.1, 0.15) is 0 Å². The molecular weight excluding hydrogens is 162 g/mol. The highest BCUT2D eigenvalue weighted by atomic mass is 32.2. The molecule has 0 saturated carbocycles. The molecule has 0 rings (SSSR count). The topological polar surface area (TPSA) is 57.9 Å². The third-order valence-electron chi connectivity index (χ3n) is 0.991. The Balaban J connectivity index is 4.05. The zero-order valence-corrected chi connectivity index (χ0v) is 7.32. The molecule has 0 aliphatic heterocycles. The lowest BCUT2D eigenvalue weighted by molar-refractivity contribution is 0.598. The van der Waals surface area contributed by atoms with Crippen molar-refractivity contribution in [1.82, 2.24) is 0 Å². The van der Waals surface area contributed by atoms with Crippen molar-refractivity contribution < 1.29 is 8.42 Å². The Bertz CT molecular complexity index is 271. The average Bonchev–Trinajstić information content (AvgIpc) is 1.81. The molecule has 11 heavy (non-hydrogen) atoms. The molecule has 0 bridgehead atoms. The van der Waals surface area contributed by atoms with Crippen LogP contribution in [-0.2, 0) is 9.84 Å². The number of hydrogen-bond acceptors (Lipinski definition) is 3. The largest absolute Gasteiger partial charge is 0.228 e. The molecular formula is C7H11NO2S. The molecule has 0 fully saturated rings. The van der Waals surface area contributed by atoms with Crippen molar-refractivity contribution in [2.45, 2.75) is 13.3 Å². The van der Waals surface area contributed by atoms with Gasteiger partial charge in [0, 0.05) is 6.42 Å². The van der Waals surface area contributed by atoms with Crippen LogP contribution in [-0.4, -0.2) is 19.9 Å². The highest BCUT2D eigenvalue weighted by Crippen LogP contribution is 1.99. The van der Waals surface area contributed by atoms with E-state index in [4.69, 9.17) is 5.26 Å². The van der Waals surface area contributed by atoms with Gasteiger partial charge in [-0.25, -0.2) is 8.42 Å². The fourth-order valence-electron chi connectivity index (χ4n) is 0.649. The molecule has 0 aromatic carbocycles. The van der Waals surface area contributed by atoms with Crippen molar-refractivity contribution in [3.05, 3.63) is 12.2 Å². The van der Waals surface area contributed by atoms with Crippen molar-refractivity contribution in [3.63, 3.8) is 0 Å². The van der Waals surface area contributed by atoms with Crippen LogP contribution in [0.3, 0.4) is 0 Å². The van der Waals surface area contributed by atoms with E-state index in [9.17, 15) is 8.42 Å². The molecule has 0 heterocycles. The zero-order valence-electron chi connectivity index (χ0n) is 6.50. The van der Waals surface area contributed by atoms with Gasteiger partial charge in [0.15, 0.2) is 9.84 Å². The molecule has 3 nitrogen and oxygen atoms in total. The Morgan fingerprint density at radius 1 is 1.64 bits per heavy atom. The first-order valence-corrected chi connectivity index (χ1v) is 5.02. The maximum absolute atomic E-state index is 11.0. The number of nitrogens with zero attached hydrogens (tertiary/aromatic N) is 1. The van der Waals surface area contributed by atoms with Crippen LogP contribution in [0.25, 0.3) is 0 Å². The molecule has 0 saturated heterocycles. The molecule has 0 N–H and O–H groups in total. The number of rotatable bonds is 4. The smallest absolute Gasteiger partial charge is 0.155 e. The molecule has 0 aliphatic carbocycles. The first-order valence-electron chi connectivity index (χ1n) is 3.19. The highest BCUT2D eigenvalue weighted by Gasteiger charge is 2.09. The van der Waals surface area contributed by atoms with Gasteiger partial charge in [-0.05, 0) is 6.92 Å². The summed E-state index contributed by atoms with van der Waals surface area (Å²) in [4.78, 5) is 0. The van der Waals surface area contributed by atoms with Crippen LogP contribution in [0.5, 0.6) is 0 Å². The van der Waals surface area contributed by atoms with Gasteiger partial charge in [0.2, 0.25) is 0 Å². The van der Waals surface area contributed by atoms with Gasteiger partial charge in [0.05, 0.1) is 17.6 Å². The third kappa shape index (κ3) is 5.62. The van der Waals surface area contributed by atoms with Gasteiger partial charge >= 0.3 is 0 Å². The minimum Gasteiger partial charge on any atom is -0.228 e.